The predicted molar refractivity (Wildman–Crippen MR) is 95.5 cm³/mol. The number of fused-ring (bicyclic) bond motifs is 3. The van der Waals surface area contributed by atoms with Crippen LogP contribution in [-0.4, -0.2) is 4.98 Å². The molecule has 0 radical (unpaired) electrons. The van der Waals surface area contributed by atoms with Gasteiger partial charge in [0, 0.05) is 16.9 Å². The van der Waals surface area contributed by atoms with E-state index in [2.05, 4.69) is 69.5 Å². The minimum atomic E-state index is 1.01. The molecule has 0 fully saturated rings. The summed E-state index contributed by atoms with van der Waals surface area (Å²) in [6.45, 7) is 0. The molecule has 0 bridgehead atoms. The van der Waals surface area contributed by atoms with Gasteiger partial charge in [0.15, 0.2) is 0 Å². The van der Waals surface area contributed by atoms with Crippen molar-refractivity contribution < 1.29 is 0 Å². The van der Waals surface area contributed by atoms with E-state index in [0.717, 1.165) is 10.9 Å². The average Bonchev–Trinajstić information content (AvgIpc) is 2.90. The van der Waals surface area contributed by atoms with Crippen molar-refractivity contribution in [3.8, 4) is 11.1 Å². The van der Waals surface area contributed by atoms with Crippen molar-refractivity contribution in [1.29, 1.82) is 0 Å². The number of halogens is 1. The van der Waals surface area contributed by atoms with Crippen LogP contribution in [-0.2, 0) is 6.42 Å². The minimum absolute atomic E-state index is 1.01. The number of benzene rings is 2. The lowest BCUT2D eigenvalue weighted by atomic mass is 10.0. The standard InChI is InChI=1S/C20H14BrN/c21-18-4-6-20-17(13-18)12-16-11-15(3-5-19(16)20)2-1-14-7-9-22-10-8-14/h1-11,13H,12H2/b2-1+. The van der Waals surface area contributed by atoms with E-state index in [1.807, 2.05) is 24.5 Å². The lowest BCUT2D eigenvalue weighted by Gasteiger charge is -2.02. The van der Waals surface area contributed by atoms with Gasteiger partial charge in [-0.15, -0.1) is 0 Å². The summed E-state index contributed by atoms with van der Waals surface area (Å²) in [6.07, 6.45) is 8.94. The molecule has 0 spiro atoms. The highest BCUT2D eigenvalue weighted by Gasteiger charge is 2.18. The Morgan fingerprint density at radius 2 is 1.45 bits per heavy atom. The van der Waals surface area contributed by atoms with Crippen LogP contribution in [0.15, 0.2) is 65.4 Å². The van der Waals surface area contributed by atoms with Gasteiger partial charge in [-0.25, -0.2) is 0 Å². The Kier molecular flexibility index (Phi) is 3.39. The van der Waals surface area contributed by atoms with E-state index in [1.54, 1.807) is 0 Å². The summed E-state index contributed by atoms with van der Waals surface area (Å²) in [5.41, 5.74) is 7.95. The molecule has 0 saturated heterocycles. The number of hydrogen-bond acceptors (Lipinski definition) is 1. The van der Waals surface area contributed by atoms with E-state index in [-0.39, 0.29) is 0 Å². The molecule has 1 aliphatic carbocycles. The molecular formula is C20H14BrN. The summed E-state index contributed by atoms with van der Waals surface area (Å²) < 4.78 is 1.15. The van der Waals surface area contributed by atoms with Crippen LogP contribution >= 0.6 is 15.9 Å². The molecule has 0 unspecified atom stereocenters. The van der Waals surface area contributed by atoms with Crippen LogP contribution in [0.2, 0.25) is 0 Å². The highest BCUT2D eigenvalue weighted by Crippen LogP contribution is 2.38. The maximum Gasteiger partial charge on any atom is 0.0273 e. The zero-order valence-electron chi connectivity index (χ0n) is 12.0. The zero-order valence-corrected chi connectivity index (χ0v) is 13.5. The van der Waals surface area contributed by atoms with Crippen molar-refractivity contribution in [1.82, 2.24) is 4.98 Å². The van der Waals surface area contributed by atoms with Crippen LogP contribution in [0.4, 0.5) is 0 Å². The van der Waals surface area contributed by atoms with Gasteiger partial charge >= 0.3 is 0 Å². The van der Waals surface area contributed by atoms with Crippen molar-refractivity contribution in [3.63, 3.8) is 0 Å². The van der Waals surface area contributed by atoms with Crippen LogP contribution in [0.3, 0.4) is 0 Å². The zero-order chi connectivity index (χ0) is 14.9. The molecule has 1 nitrogen and oxygen atoms in total. The third-order valence-corrected chi connectivity index (χ3v) is 4.54. The molecule has 3 aromatic rings. The first-order chi connectivity index (χ1) is 10.8. The topological polar surface area (TPSA) is 12.9 Å². The van der Waals surface area contributed by atoms with Gasteiger partial charge in [-0.05, 0) is 64.1 Å². The number of hydrogen-bond donors (Lipinski definition) is 0. The largest absolute Gasteiger partial charge is 0.265 e. The Morgan fingerprint density at radius 3 is 2.27 bits per heavy atom. The Hall–Kier alpha value is -2.19. The second kappa shape index (κ2) is 5.54. The van der Waals surface area contributed by atoms with E-state index in [4.69, 9.17) is 0 Å². The monoisotopic (exact) mass is 347 g/mol. The van der Waals surface area contributed by atoms with Crippen molar-refractivity contribution in [2.24, 2.45) is 0 Å². The maximum atomic E-state index is 4.04. The van der Waals surface area contributed by atoms with Gasteiger partial charge in [-0.3, -0.25) is 4.98 Å². The molecule has 2 heteroatoms. The first-order valence-electron chi connectivity index (χ1n) is 7.29. The van der Waals surface area contributed by atoms with Crippen molar-refractivity contribution in [2.75, 3.05) is 0 Å². The molecule has 0 aliphatic heterocycles. The van der Waals surface area contributed by atoms with Gasteiger partial charge in [0.1, 0.15) is 0 Å². The van der Waals surface area contributed by atoms with Gasteiger partial charge in [0.05, 0.1) is 0 Å². The third kappa shape index (κ3) is 2.51. The van der Waals surface area contributed by atoms with Gasteiger partial charge < -0.3 is 0 Å². The second-order valence-electron chi connectivity index (χ2n) is 5.51. The van der Waals surface area contributed by atoms with E-state index in [9.17, 15) is 0 Å². The molecule has 4 rings (SSSR count). The van der Waals surface area contributed by atoms with Crippen molar-refractivity contribution >= 4 is 28.1 Å². The fourth-order valence-electron chi connectivity index (χ4n) is 2.97. The second-order valence-corrected chi connectivity index (χ2v) is 6.42. The van der Waals surface area contributed by atoms with Gasteiger partial charge in [-0.2, -0.15) is 0 Å². The fraction of sp³-hybridized carbons (Fsp3) is 0.0500. The molecule has 22 heavy (non-hydrogen) atoms. The molecule has 0 N–H and O–H groups in total. The van der Waals surface area contributed by atoms with E-state index < -0.39 is 0 Å². The quantitative estimate of drug-likeness (QED) is 0.460. The van der Waals surface area contributed by atoms with E-state index >= 15 is 0 Å². The molecule has 1 heterocycles. The van der Waals surface area contributed by atoms with Crippen molar-refractivity contribution in [2.45, 2.75) is 6.42 Å². The minimum Gasteiger partial charge on any atom is -0.265 e. The molecule has 0 saturated carbocycles. The molecule has 0 atom stereocenters. The summed E-state index contributed by atoms with van der Waals surface area (Å²) in [5.74, 6) is 0. The van der Waals surface area contributed by atoms with E-state index in [0.29, 0.717) is 0 Å². The highest BCUT2D eigenvalue weighted by atomic mass is 79.9. The molecular weight excluding hydrogens is 334 g/mol. The lowest BCUT2D eigenvalue weighted by molar-refractivity contribution is 1.26. The fourth-order valence-corrected chi connectivity index (χ4v) is 3.38. The number of aromatic nitrogens is 1. The number of rotatable bonds is 2. The van der Waals surface area contributed by atoms with Gasteiger partial charge in [0.2, 0.25) is 0 Å². The van der Waals surface area contributed by atoms with Crippen LogP contribution < -0.4 is 0 Å². The molecule has 0 amide bonds. The Bertz CT molecular complexity index is 866. The normalized spacial score (nSPS) is 12.4. The van der Waals surface area contributed by atoms with Gasteiger partial charge in [-0.1, -0.05) is 52.3 Å². The average molecular weight is 348 g/mol. The van der Waals surface area contributed by atoms with Crippen molar-refractivity contribution in [3.05, 3.63) is 87.7 Å². The molecule has 2 aromatic carbocycles. The van der Waals surface area contributed by atoms with Crippen LogP contribution in [0.25, 0.3) is 23.3 Å². The summed E-state index contributed by atoms with van der Waals surface area (Å²) in [6, 6.07) is 17.3. The SMILES string of the molecule is Brc1ccc2c(c1)Cc1cc(/C=C/c3ccncc3)ccc1-2. The summed E-state index contributed by atoms with van der Waals surface area (Å²) >= 11 is 3.56. The molecule has 106 valence electrons. The molecule has 1 aliphatic rings. The lowest BCUT2D eigenvalue weighted by Crippen LogP contribution is -1.82. The smallest absolute Gasteiger partial charge is 0.0273 e. The first-order valence-corrected chi connectivity index (χ1v) is 8.09. The van der Waals surface area contributed by atoms with E-state index in [1.165, 1.54) is 33.4 Å². The number of pyridine rings is 1. The Balaban J connectivity index is 1.66. The summed E-state index contributed by atoms with van der Waals surface area (Å²) in [7, 11) is 0. The maximum absolute atomic E-state index is 4.04. The first kappa shape index (κ1) is 13.5. The van der Waals surface area contributed by atoms with Crippen LogP contribution in [0, 0.1) is 0 Å². The molecule has 1 aromatic heterocycles. The highest BCUT2D eigenvalue weighted by molar-refractivity contribution is 9.10. The van der Waals surface area contributed by atoms with Crippen LogP contribution in [0.5, 0.6) is 0 Å². The van der Waals surface area contributed by atoms with Gasteiger partial charge in [0.25, 0.3) is 0 Å². The van der Waals surface area contributed by atoms with Crippen LogP contribution in [0.1, 0.15) is 22.3 Å². The summed E-state index contributed by atoms with van der Waals surface area (Å²) in [5, 5.41) is 0. The third-order valence-electron chi connectivity index (χ3n) is 4.04. The summed E-state index contributed by atoms with van der Waals surface area (Å²) in [4.78, 5) is 4.04. The Labute approximate surface area is 138 Å². The Morgan fingerprint density at radius 1 is 0.773 bits per heavy atom. The predicted octanol–water partition coefficient (Wildman–Crippen LogP) is 5.59. The number of nitrogens with zero attached hydrogens (tertiary/aromatic N) is 1.